The summed E-state index contributed by atoms with van der Waals surface area (Å²) in [6.07, 6.45) is 4.02. The van der Waals surface area contributed by atoms with Gasteiger partial charge in [-0.25, -0.2) is 9.97 Å². The second-order valence-corrected chi connectivity index (χ2v) is 10.9. The van der Waals surface area contributed by atoms with E-state index in [1.54, 1.807) is 35.5 Å². The number of piperidine rings is 2. The summed E-state index contributed by atoms with van der Waals surface area (Å²) < 4.78 is 27.5. The van der Waals surface area contributed by atoms with Crippen molar-refractivity contribution in [1.82, 2.24) is 19.9 Å². The molecule has 43 heavy (non-hydrogen) atoms. The molecule has 242 valence electrons. The molecular weight excluding hydrogens is 556 g/mol. The highest BCUT2D eigenvalue weighted by Gasteiger charge is 2.29. The third-order valence-electron chi connectivity index (χ3n) is 8.26. The topological polar surface area (TPSA) is 131 Å². The molecule has 2 aliphatic rings. The van der Waals surface area contributed by atoms with Gasteiger partial charge in [-0.15, -0.1) is 0 Å². The molecule has 0 aromatic carbocycles. The Bertz CT molecular complexity index is 1110. The smallest absolute Gasteiger partial charge is 0.228 e. The lowest BCUT2D eigenvalue weighted by molar-refractivity contribution is 0.0817. The molecule has 14 heteroatoms. The first-order valence-electron chi connectivity index (χ1n) is 15.3. The van der Waals surface area contributed by atoms with Crippen molar-refractivity contribution >= 4 is 34.6 Å². The SMILES string of the molecule is COCCN(CCO)c1nc(N2CCC(OC)CC2)c2nc(N(CCOC)CCOC)nc(N3CCC(OC)CC3)c2n1. The van der Waals surface area contributed by atoms with Gasteiger partial charge in [-0.2, -0.15) is 9.97 Å². The van der Waals surface area contributed by atoms with E-state index in [2.05, 4.69) is 14.7 Å². The van der Waals surface area contributed by atoms with E-state index in [0.29, 0.717) is 68.9 Å². The summed E-state index contributed by atoms with van der Waals surface area (Å²) in [5.74, 6) is 2.68. The number of rotatable bonds is 17. The zero-order chi connectivity index (χ0) is 30.6. The third kappa shape index (κ3) is 8.52. The molecule has 2 aromatic heterocycles. The van der Waals surface area contributed by atoms with Gasteiger partial charge in [0, 0.05) is 87.9 Å². The number of nitrogens with zero attached hydrogens (tertiary/aromatic N) is 8. The highest BCUT2D eigenvalue weighted by Crippen LogP contribution is 2.35. The molecule has 0 atom stereocenters. The van der Waals surface area contributed by atoms with Crippen LogP contribution in [0.25, 0.3) is 11.0 Å². The first-order valence-corrected chi connectivity index (χ1v) is 15.3. The number of aliphatic hydroxyl groups is 1. The molecule has 4 heterocycles. The van der Waals surface area contributed by atoms with Gasteiger partial charge in [-0.3, -0.25) is 0 Å². The molecule has 0 amide bonds. The maximum Gasteiger partial charge on any atom is 0.228 e. The number of aliphatic hydroxyl groups excluding tert-OH is 1. The van der Waals surface area contributed by atoms with Gasteiger partial charge in [0.25, 0.3) is 0 Å². The van der Waals surface area contributed by atoms with Gasteiger partial charge in [-0.05, 0) is 25.7 Å². The fourth-order valence-electron chi connectivity index (χ4n) is 5.64. The fourth-order valence-corrected chi connectivity index (χ4v) is 5.64. The van der Waals surface area contributed by atoms with E-state index in [1.807, 2.05) is 4.90 Å². The summed E-state index contributed by atoms with van der Waals surface area (Å²) in [7, 11) is 8.60. The van der Waals surface area contributed by atoms with Crippen molar-refractivity contribution in [1.29, 1.82) is 0 Å². The third-order valence-corrected chi connectivity index (χ3v) is 8.26. The van der Waals surface area contributed by atoms with E-state index in [0.717, 1.165) is 63.5 Å². The average Bonchev–Trinajstić information content (AvgIpc) is 3.06. The van der Waals surface area contributed by atoms with Crippen LogP contribution < -0.4 is 19.6 Å². The van der Waals surface area contributed by atoms with Crippen LogP contribution in [0, 0.1) is 0 Å². The Morgan fingerprint density at radius 3 is 1.30 bits per heavy atom. The largest absolute Gasteiger partial charge is 0.395 e. The number of hydrogen-bond donors (Lipinski definition) is 1. The molecule has 0 saturated carbocycles. The van der Waals surface area contributed by atoms with Crippen LogP contribution in [-0.4, -0.2) is 152 Å². The van der Waals surface area contributed by atoms with E-state index in [9.17, 15) is 5.11 Å². The zero-order valence-corrected chi connectivity index (χ0v) is 26.5. The van der Waals surface area contributed by atoms with Gasteiger partial charge < -0.3 is 48.4 Å². The van der Waals surface area contributed by atoms with Crippen LogP contribution in [0.4, 0.5) is 23.5 Å². The van der Waals surface area contributed by atoms with Gasteiger partial charge in [0.2, 0.25) is 11.9 Å². The number of hydrogen-bond acceptors (Lipinski definition) is 14. The lowest BCUT2D eigenvalue weighted by Gasteiger charge is -2.35. The number of fused-ring (bicyclic) bond motifs is 1. The van der Waals surface area contributed by atoms with Gasteiger partial charge in [0.15, 0.2) is 11.6 Å². The minimum absolute atomic E-state index is 0.0273. The minimum atomic E-state index is -0.0273. The Labute approximate surface area is 255 Å². The summed E-state index contributed by atoms with van der Waals surface area (Å²) in [6.45, 7) is 6.83. The van der Waals surface area contributed by atoms with Crippen LogP contribution in [0.1, 0.15) is 25.7 Å². The predicted octanol–water partition coefficient (Wildman–Crippen LogP) is 1.19. The van der Waals surface area contributed by atoms with Crippen LogP contribution in [0.15, 0.2) is 0 Å². The summed E-state index contributed by atoms with van der Waals surface area (Å²) >= 11 is 0. The molecule has 1 N–H and O–H groups in total. The molecule has 14 nitrogen and oxygen atoms in total. The maximum atomic E-state index is 9.90. The molecule has 2 aliphatic heterocycles. The lowest BCUT2D eigenvalue weighted by atomic mass is 10.1. The fraction of sp³-hybridized carbons (Fsp3) is 0.793. The van der Waals surface area contributed by atoms with E-state index >= 15 is 0 Å². The van der Waals surface area contributed by atoms with Crippen molar-refractivity contribution in [2.75, 3.05) is 134 Å². The molecule has 2 aromatic rings. The predicted molar refractivity (Wildman–Crippen MR) is 167 cm³/mol. The van der Waals surface area contributed by atoms with Crippen LogP contribution in [-0.2, 0) is 23.7 Å². The minimum Gasteiger partial charge on any atom is -0.395 e. The van der Waals surface area contributed by atoms with E-state index in [-0.39, 0.29) is 18.8 Å². The van der Waals surface area contributed by atoms with Crippen molar-refractivity contribution in [2.45, 2.75) is 37.9 Å². The van der Waals surface area contributed by atoms with Crippen LogP contribution in [0.5, 0.6) is 0 Å². The second-order valence-electron chi connectivity index (χ2n) is 10.9. The average molecular weight is 607 g/mol. The Balaban J connectivity index is 1.90. The van der Waals surface area contributed by atoms with Crippen LogP contribution in [0.2, 0.25) is 0 Å². The molecule has 0 spiro atoms. The Hall–Kier alpha value is -2.62. The Kier molecular flexibility index (Phi) is 13.2. The summed E-state index contributed by atoms with van der Waals surface area (Å²) in [6, 6.07) is 0. The van der Waals surface area contributed by atoms with Crippen molar-refractivity contribution < 1.29 is 28.8 Å². The first-order chi connectivity index (χ1) is 21.1. The van der Waals surface area contributed by atoms with Crippen molar-refractivity contribution in [3.8, 4) is 0 Å². The van der Waals surface area contributed by atoms with Gasteiger partial charge in [-0.1, -0.05) is 0 Å². The van der Waals surface area contributed by atoms with E-state index in [1.165, 1.54) is 0 Å². The molecule has 2 saturated heterocycles. The second kappa shape index (κ2) is 17.0. The Morgan fingerprint density at radius 1 is 0.605 bits per heavy atom. The van der Waals surface area contributed by atoms with Crippen molar-refractivity contribution in [3.63, 3.8) is 0 Å². The number of anilines is 4. The molecule has 2 fully saturated rings. The van der Waals surface area contributed by atoms with Crippen LogP contribution in [0.3, 0.4) is 0 Å². The van der Waals surface area contributed by atoms with Crippen LogP contribution >= 0.6 is 0 Å². The molecule has 0 unspecified atom stereocenters. The zero-order valence-electron chi connectivity index (χ0n) is 26.5. The number of aromatic nitrogens is 4. The number of methoxy groups -OCH3 is 5. The maximum absolute atomic E-state index is 9.90. The number of ether oxygens (including phenoxy) is 5. The van der Waals surface area contributed by atoms with Crippen molar-refractivity contribution in [2.24, 2.45) is 0 Å². The molecule has 0 radical (unpaired) electrons. The highest BCUT2D eigenvalue weighted by atomic mass is 16.5. The normalized spacial score (nSPS) is 16.8. The Morgan fingerprint density at radius 2 is 0.977 bits per heavy atom. The molecule has 0 aliphatic carbocycles. The summed E-state index contributed by atoms with van der Waals surface area (Å²) in [5, 5.41) is 9.90. The standard InChI is InChI=1S/C29H50N8O6/c1-39-19-15-36(14-18-38)28-30-24-25(26(32-28)34-10-6-22(42-4)7-11-34)31-29(37(16-20-40-2)17-21-41-3)33-27(24)35-12-8-23(43-5)9-13-35/h22-23,38H,6-21H2,1-5H3. The highest BCUT2D eigenvalue weighted by molar-refractivity contribution is 5.95. The first kappa shape index (κ1) is 33.3. The summed E-state index contributed by atoms with van der Waals surface area (Å²) in [4.78, 5) is 29.2. The molecular formula is C29H50N8O6. The lowest BCUT2D eigenvalue weighted by Crippen LogP contribution is -2.40. The van der Waals surface area contributed by atoms with Crippen molar-refractivity contribution in [3.05, 3.63) is 0 Å². The van der Waals surface area contributed by atoms with E-state index in [4.69, 9.17) is 43.6 Å². The quantitative estimate of drug-likeness (QED) is 0.277. The monoisotopic (exact) mass is 606 g/mol. The van der Waals surface area contributed by atoms with E-state index < -0.39 is 0 Å². The van der Waals surface area contributed by atoms with Gasteiger partial charge in [0.05, 0.1) is 38.6 Å². The molecule has 4 rings (SSSR count). The molecule has 0 bridgehead atoms. The summed E-state index contributed by atoms with van der Waals surface area (Å²) in [5.41, 5.74) is 1.41. The van der Waals surface area contributed by atoms with Gasteiger partial charge >= 0.3 is 0 Å². The van der Waals surface area contributed by atoms with Gasteiger partial charge in [0.1, 0.15) is 11.0 Å².